The zero-order chi connectivity index (χ0) is 20.1. The number of piperidine rings is 1. The van der Waals surface area contributed by atoms with Gasteiger partial charge in [-0.05, 0) is 43.0 Å². The van der Waals surface area contributed by atoms with E-state index in [4.69, 9.17) is 0 Å². The summed E-state index contributed by atoms with van der Waals surface area (Å²) in [4.78, 5) is 14.9. The normalized spacial score (nSPS) is 16.4. The minimum Gasteiger partial charge on any atom is -0.354 e. The van der Waals surface area contributed by atoms with Crippen LogP contribution in [0.3, 0.4) is 0 Å². The lowest BCUT2D eigenvalue weighted by Crippen LogP contribution is -2.43. The maximum atomic E-state index is 12.7. The molecule has 1 saturated heterocycles. The van der Waals surface area contributed by atoms with Gasteiger partial charge < -0.3 is 10.2 Å². The van der Waals surface area contributed by atoms with Gasteiger partial charge in [-0.2, -0.15) is 0 Å². The van der Waals surface area contributed by atoms with Crippen molar-refractivity contribution in [3.05, 3.63) is 77.9 Å². The number of anilines is 1. The van der Waals surface area contributed by atoms with Crippen LogP contribution in [-0.4, -0.2) is 29.2 Å². The van der Waals surface area contributed by atoms with Crippen LogP contribution in [0.1, 0.15) is 24.0 Å². The largest absolute Gasteiger partial charge is 0.354 e. The lowest BCUT2D eigenvalue weighted by atomic mass is 9.97. The molecule has 1 amide bonds. The topological polar surface area (TPSA) is 58.1 Å². The second-order valence-electron chi connectivity index (χ2n) is 7.57. The Morgan fingerprint density at radius 1 is 1.03 bits per heavy atom. The van der Waals surface area contributed by atoms with Gasteiger partial charge in [-0.25, -0.2) is 0 Å². The van der Waals surface area contributed by atoms with Crippen molar-refractivity contribution >= 4 is 11.7 Å². The number of amides is 1. The molecule has 1 aliphatic rings. The number of nitrogens with zero attached hydrogens (tertiary/aromatic N) is 3. The predicted octanol–water partition coefficient (Wildman–Crippen LogP) is 3.98. The number of nitrogens with one attached hydrogen (secondary N) is 1. The molecule has 1 atom stereocenters. The zero-order valence-corrected chi connectivity index (χ0v) is 16.7. The second-order valence-corrected chi connectivity index (χ2v) is 7.57. The minimum absolute atomic E-state index is 0.0247. The van der Waals surface area contributed by atoms with Gasteiger partial charge in [0, 0.05) is 25.2 Å². The van der Waals surface area contributed by atoms with Crippen LogP contribution in [0, 0.1) is 12.8 Å². The van der Waals surface area contributed by atoms with Gasteiger partial charge in [0.25, 0.3) is 0 Å². The number of carbonyl (C=O) groups excluding carboxylic acids is 1. The predicted molar refractivity (Wildman–Crippen MR) is 115 cm³/mol. The van der Waals surface area contributed by atoms with Gasteiger partial charge in [0.2, 0.25) is 5.91 Å². The van der Waals surface area contributed by atoms with Gasteiger partial charge in [-0.15, -0.1) is 10.2 Å². The highest BCUT2D eigenvalue weighted by Crippen LogP contribution is 2.23. The molecule has 3 aromatic rings. The molecule has 0 unspecified atom stereocenters. The summed E-state index contributed by atoms with van der Waals surface area (Å²) in [5, 5.41) is 11.9. The molecule has 1 aromatic heterocycles. The molecule has 0 spiro atoms. The number of hydrogen-bond acceptors (Lipinski definition) is 4. The van der Waals surface area contributed by atoms with Gasteiger partial charge in [-0.3, -0.25) is 4.79 Å². The van der Waals surface area contributed by atoms with Crippen molar-refractivity contribution in [3.63, 3.8) is 0 Å². The lowest BCUT2D eigenvalue weighted by Gasteiger charge is -2.32. The zero-order valence-electron chi connectivity index (χ0n) is 16.7. The standard InChI is InChI=1S/C24H26N4O/c1-18-8-5-6-11-20(18)16-25-24(29)21-12-7-15-28(17-21)23-14-13-22(26-27-23)19-9-3-2-4-10-19/h2-6,8-11,13-14,21H,7,12,15-17H2,1H3,(H,25,29)/t21-/m1/s1. The van der Waals surface area contributed by atoms with Gasteiger partial charge in [-0.1, -0.05) is 54.6 Å². The fourth-order valence-corrected chi connectivity index (χ4v) is 3.79. The van der Waals surface area contributed by atoms with Crippen molar-refractivity contribution < 1.29 is 4.79 Å². The van der Waals surface area contributed by atoms with Crippen LogP contribution in [-0.2, 0) is 11.3 Å². The van der Waals surface area contributed by atoms with Crippen LogP contribution in [0.15, 0.2) is 66.7 Å². The van der Waals surface area contributed by atoms with Crippen molar-refractivity contribution in [2.24, 2.45) is 5.92 Å². The van der Waals surface area contributed by atoms with Gasteiger partial charge in [0.1, 0.15) is 0 Å². The molecule has 2 aromatic carbocycles. The molecular formula is C24H26N4O. The Hall–Kier alpha value is -3.21. The van der Waals surface area contributed by atoms with Crippen molar-refractivity contribution in [3.8, 4) is 11.3 Å². The van der Waals surface area contributed by atoms with Gasteiger partial charge >= 0.3 is 0 Å². The first-order chi connectivity index (χ1) is 14.2. The SMILES string of the molecule is Cc1ccccc1CNC(=O)[C@@H]1CCCN(c2ccc(-c3ccccc3)nn2)C1. The molecular weight excluding hydrogens is 360 g/mol. The molecule has 148 valence electrons. The molecule has 1 N–H and O–H groups in total. The summed E-state index contributed by atoms with van der Waals surface area (Å²) in [6, 6.07) is 22.2. The number of benzene rings is 2. The van der Waals surface area contributed by atoms with Crippen molar-refractivity contribution in [2.75, 3.05) is 18.0 Å². The number of rotatable bonds is 5. The van der Waals surface area contributed by atoms with Gasteiger partial charge in [0.05, 0.1) is 11.6 Å². The fraction of sp³-hybridized carbons (Fsp3) is 0.292. The summed E-state index contributed by atoms with van der Waals surface area (Å²) in [6.07, 6.45) is 1.89. The van der Waals surface area contributed by atoms with E-state index in [1.807, 2.05) is 54.6 Å². The summed E-state index contributed by atoms with van der Waals surface area (Å²) < 4.78 is 0. The molecule has 1 fully saturated rings. The number of aromatic nitrogens is 2. The third-order valence-electron chi connectivity index (χ3n) is 5.55. The summed E-state index contributed by atoms with van der Waals surface area (Å²) in [5.41, 5.74) is 4.28. The molecule has 29 heavy (non-hydrogen) atoms. The van der Waals surface area contributed by atoms with Gasteiger partial charge in [0.15, 0.2) is 5.82 Å². The van der Waals surface area contributed by atoms with E-state index in [-0.39, 0.29) is 11.8 Å². The lowest BCUT2D eigenvalue weighted by molar-refractivity contribution is -0.125. The molecule has 0 radical (unpaired) electrons. The molecule has 0 bridgehead atoms. The molecule has 5 heteroatoms. The molecule has 0 saturated carbocycles. The first-order valence-corrected chi connectivity index (χ1v) is 10.2. The van der Waals surface area contributed by atoms with Crippen LogP contribution in [0.5, 0.6) is 0 Å². The average Bonchev–Trinajstić information content (AvgIpc) is 2.79. The van der Waals surface area contributed by atoms with E-state index < -0.39 is 0 Å². The smallest absolute Gasteiger partial charge is 0.225 e. The Morgan fingerprint density at radius 2 is 1.83 bits per heavy atom. The monoisotopic (exact) mass is 386 g/mol. The molecule has 5 nitrogen and oxygen atoms in total. The highest BCUT2D eigenvalue weighted by molar-refractivity contribution is 5.79. The van der Waals surface area contributed by atoms with Crippen molar-refractivity contribution in [1.82, 2.24) is 15.5 Å². The van der Waals surface area contributed by atoms with Crippen molar-refractivity contribution in [2.45, 2.75) is 26.3 Å². The molecule has 0 aliphatic carbocycles. The van der Waals surface area contributed by atoms with E-state index in [0.717, 1.165) is 42.0 Å². The maximum Gasteiger partial charge on any atom is 0.225 e. The maximum absolute atomic E-state index is 12.7. The van der Waals surface area contributed by atoms with Crippen LogP contribution in [0.2, 0.25) is 0 Å². The Labute approximate surface area is 171 Å². The Morgan fingerprint density at radius 3 is 2.59 bits per heavy atom. The third-order valence-corrected chi connectivity index (χ3v) is 5.55. The number of hydrogen-bond donors (Lipinski definition) is 1. The summed E-state index contributed by atoms with van der Waals surface area (Å²) in [5.74, 6) is 0.927. The molecule has 2 heterocycles. The highest BCUT2D eigenvalue weighted by Gasteiger charge is 2.26. The van der Waals surface area contributed by atoms with Crippen LogP contribution in [0.25, 0.3) is 11.3 Å². The first kappa shape index (κ1) is 19.1. The number of carbonyl (C=O) groups is 1. The fourth-order valence-electron chi connectivity index (χ4n) is 3.79. The van der Waals surface area contributed by atoms with Crippen LogP contribution >= 0.6 is 0 Å². The summed E-state index contributed by atoms with van der Waals surface area (Å²) >= 11 is 0. The second kappa shape index (κ2) is 8.86. The van der Waals surface area contributed by atoms with E-state index in [1.54, 1.807) is 0 Å². The minimum atomic E-state index is -0.0247. The van der Waals surface area contributed by atoms with E-state index in [9.17, 15) is 4.79 Å². The summed E-state index contributed by atoms with van der Waals surface area (Å²) in [6.45, 7) is 4.23. The third kappa shape index (κ3) is 4.62. The highest BCUT2D eigenvalue weighted by atomic mass is 16.1. The molecule has 1 aliphatic heterocycles. The Balaban J connectivity index is 1.38. The van der Waals surface area contributed by atoms with Crippen LogP contribution < -0.4 is 10.2 Å². The summed E-state index contributed by atoms with van der Waals surface area (Å²) in [7, 11) is 0. The Bertz CT molecular complexity index is 956. The Kier molecular flexibility index (Phi) is 5.84. The van der Waals surface area contributed by atoms with Crippen molar-refractivity contribution in [1.29, 1.82) is 0 Å². The quantitative estimate of drug-likeness (QED) is 0.720. The van der Waals surface area contributed by atoms with E-state index in [0.29, 0.717) is 13.1 Å². The van der Waals surface area contributed by atoms with Crippen LogP contribution in [0.4, 0.5) is 5.82 Å². The molecule has 4 rings (SSSR count). The van der Waals surface area contributed by atoms with E-state index >= 15 is 0 Å². The van der Waals surface area contributed by atoms with E-state index in [1.165, 1.54) is 5.56 Å². The van der Waals surface area contributed by atoms with E-state index in [2.05, 4.69) is 39.5 Å². The number of aryl methyl sites for hydroxylation is 1. The average molecular weight is 386 g/mol. The first-order valence-electron chi connectivity index (χ1n) is 10.2.